The van der Waals surface area contributed by atoms with E-state index in [2.05, 4.69) is 83.4 Å². The van der Waals surface area contributed by atoms with E-state index in [1.807, 2.05) is 0 Å². The van der Waals surface area contributed by atoms with Crippen molar-refractivity contribution in [3.8, 4) is 0 Å². The first-order valence-electron chi connectivity index (χ1n) is 11.9. The third-order valence-electron chi connectivity index (χ3n) is 5.79. The van der Waals surface area contributed by atoms with Gasteiger partial charge in [-0.25, -0.2) is 0 Å². The van der Waals surface area contributed by atoms with Crippen molar-refractivity contribution in [1.29, 1.82) is 0 Å². The van der Waals surface area contributed by atoms with Crippen LogP contribution in [0, 0.1) is 5.92 Å². The number of benzene rings is 1. The van der Waals surface area contributed by atoms with E-state index in [1.54, 1.807) is 0 Å². The molecule has 0 amide bonds. The number of aliphatic imine (C=N–C) groups is 1. The standard InChI is InChI=1S/C24H44N6.HI/c1-5-25-24(26-14-11-15-30(7-3)23-12-9-8-10-13-23)27-20-22(4)21-29-18-16-28(6-2)17-19-29;/h8-10,12-13,22H,5-7,11,14-21H2,1-4H3,(H2,25,26,27);1H. The number of nitrogens with one attached hydrogen (secondary N) is 2. The number of nitrogens with zero attached hydrogens (tertiary/aromatic N) is 4. The van der Waals surface area contributed by atoms with Crippen LogP contribution in [0.5, 0.6) is 0 Å². The lowest BCUT2D eigenvalue weighted by Crippen LogP contribution is -2.47. The van der Waals surface area contributed by atoms with Gasteiger partial charge in [0.05, 0.1) is 0 Å². The third kappa shape index (κ3) is 10.9. The van der Waals surface area contributed by atoms with Crippen molar-refractivity contribution in [2.24, 2.45) is 10.9 Å². The van der Waals surface area contributed by atoms with Gasteiger partial charge in [-0.1, -0.05) is 32.0 Å². The van der Waals surface area contributed by atoms with Crippen molar-refractivity contribution in [1.82, 2.24) is 20.4 Å². The van der Waals surface area contributed by atoms with Crippen molar-refractivity contribution in [3.05, 3.63) is 30.3 Å². The summed E-state index contributed by atoms with van der Waals surface area (Å²) >= 11 is 0. The summed E-state index contributed by atoms with van der Waals surface area (Å²) in [5, 5.41) is 6.91. The molecule has 0 saturated carbocycles. The van der Waals surface area contributed by atoms with Crippen LogP contribution < -0.4 is 15.5 Å². The van der Waals surface area contributed by atoms with Gasteiger partial charge in [-0.3, -0.25) is 4.99 Å². The first-order chi connectivity index (χ1) is 14.7. The summed E-state index contributed by atoms with van der Waals surface area (Å²) in [5.41, 5.74) is 1.30. The van der Waals surface area contributed by atoms with E-state index in [4.69, 9.17) is 4.99 Å². The molecule has 1 aliphatic heterocycles. The number of halogens is 1. The molecule has 2 rings (SSSR count). The molecular weight excluding hydrogens is 499 g/mol. The summed E-state index contributed by atoms with van der Waals surface area (Å²) in [6, 6.07) is 10.7. The Kier molecular flexibility index (Phi) is 14.9. The Morgan fingerprint density at radius 3 is 2.32 bits per heavy atom. The second kappa shape index (κ2) is 16.6. The fourth-order valence-corrected chi connectivity index (χ4v) is 3.96. The van der Waals surface area contributed by atoms with Crippen molar-refractivity contribution < 1.29 is 0 Å². The SMILES string of the molecule is CCNC(=NCC(C)CN1CCN(CC)CC1)NCCCN(CC)c1ccccc1.I. The van der Waals surface area contributed by atoms with Crippen molar-refractivity contribution in [2.75, 3.05) is 76.9 Å². The van der Waals surface area contributed by atoms with Gasteiger partial charge in [0, 0.05) is 71.1 Å². The van der Waals surface area contributed by atoms with Crippen molar-refractivity contribution in [2.45, 2.75) is 34.1 Å². The minimum Gasteiger partial charge on any atom is -0.372 e. The molecule has 2 N–H and O–H groups in total. The van der Waals surface area contributed by atoms with Crippen molar-refractivity contribution in [3.63, 3.8) is 0 Å². The molecule has 0 spiro atoms. The van der Waals surface area contributed by atoms with Gasteiger partial charge < -0.3 is 25.3 Å². The second-order valence-corrected chi connectivity index (χ2v) is 8.26. The molecule has 1 fully saturated rings. The molecular formula is C24H45IN6. The van der Waals surface area contributed by atoms with Crippen LogP contribution in [0.3, 0.4) is 0 Å². The average Bonchev–Trinajstić information content (AvgIpc) is 2.78. The minimum absolute atomic E-state index is 0. The molecule has 1 heterocycles. The molecule has 1 aromatic carbocycles. The van der Waals surface area contributed by atoms with E-state index in [0.717, 1.165) is 51.6 Å². The molecule has 0 aliphatic carbocycles. The van der Waals surface area contributed by atoms with E-state index in [9.17, 15) is 0 Å². The van der Waals surface area contributed by atoms with Gasteiger partial charge in [0.25, 0.3) is 0 Å². The predicted octanol–water partition coefficient (Wildman–Crippen LogP) is 3.35. The Morgan fingerprint density at radius 1 is 1.03 bits per heavy atom. The Balaban J connectivity index is 0.00000480. The summed E-state index contributed by atoms with van der Waals surface area (Å²) in [7, 11) is 0. The largest absolute Gasteiger partial charge is 0.372 e. The van der Waals surface area contributed by atoms with Crippen LogP contribution in [0.2, 0.25) is 0 Å². The fourth-order valence-electron chi connectivity index (χ4n) is 3.96. The first-order valence-corrected chi connectivity index (χ1v) is 11.9. The molecule has 1 aliphatic rings. The molecule has 0 bridgehead atoms. The quantitative estimate of drug-likeness (QED) is 0.183. The maximum atomic E-state index is 4.85. The minimum atomic E-state index is 0. The second-order valence-electron chi connectivity index (χ2n) is 8.26. The highest BCUT2D eigenvalue weighted by atomic mass is 127. The number of piperazine rings is 1. The molecule has 1 atom stereocenters. The molecule has 178 valence electrons. The van der Waals surface area contributed by atoms with E-state index < -0.39 is 0 Å². The summed E-state index contributed by atoms with van der Waals surface area (Å²) < 4.78 is 0. The lowest BCUT2D eigenvalue weighted by Gasteiger charge is -2.35. The van der Waals surface area contributed by atoms with Crippen LogP contribution in [0.1, 0.15) is 34.1 Å². The molecule has 1 unspecified atom stereocenters. The van der Waals surface area contributed by atoms with Gasteiger partial charge in [-0.05, 0) is 44.9 Å². The Morgan fingerprint density at radius 2 is 1.71 bits per heavy atom. The van der Waals surface area contributed by atoms with E-state index in [0.29, 0.717) is 5.92 Å². The smallest absolute Gasteiger partial charge is 0.191 e. The monoisotopic (exact) mass is 544 g/mol. The number of guanidine groups is 1. The zero-order valence-electron chi connectivity index (χ0n) is 20.1. The summed E-state index contributed by atoms with van der Waals surface area (Å²) in [5.74, 6) is 1.52. The molecule has 6 nitrogen and oxygen atoms in total. The number of hydrogen-bond acceptors (Lipinski definition) is 4. The zero-order valence-corrected chi connectivity index (χ0v) is 22.5. The van der Waals surface area contributed by atoms with Gasteiger partial charge in [0.2, 0.25) is 0 Å². The number of anilines is 1. The first kappa shape index (κ1) is 28.0. The Hall–Kier alpha value is -1.06. The van der Waals surface area contributed by atoms with Gasteiger partial charge in [-0.2, -0.15) is 0 Å². The van der Waals surface area contributed by atoms with Crippen LogP contribution in [-0.2, 0) is 0 Å². The summed E-state index contributed by atoms with van der Waals surface area (Å²) in [4.78, 5) is 12.4. The van der Waals surface area contributed by atoms with Crippen molar-refractivity contribution >= 4 is 35.6 Å². The highest BCUT2D eigenvalue weighted by Crippen LogP contribution is 2.12. The molecule has 0 aromatic heterocycles. The van der Waals surface area contributed by atoms with Crippen LogP contribution in [0.15, 0.2) is 35.3 Å². The number of rotatable bonds is 12. The van der Waals surface area contributed by atoms with E-state index in [1.165, 1.54) is 38.4 Å². The molecule has 0 radical (unpaired) electrons. The maximum Gasteiger partial charge on any atom is 0.191 e. The third-order valence-corrected chi connectivity index (χ3v) is 5.79. The van der Waals surface area contributed by atoms with Gasteiger partial charge in [0.1, 0.15) is 0 Å². The van der Waals surface area contributed by atoms with E-state index in [-0.39, 0.29) is 24.0 Å². The van der Waals surface area contributed by atoms with Gasteiger partial charge in [-0.15, -0.1) is 24.0 Å². The van der Waals surface area contributed by atoms with Crippen LogP contribution in [0.25, 0.3) is 0 Å². The molecule has 31 heavy (non-hydrogen) atoms. The van der Waals surface area contributed by atoms with Gasteiger partial charge >= 0.3 is 0 Å². The van der Waals surface area contributed by atoms with E-state index >= 15 is 0 Å². The topological polar surface area (TPSA) is 46.1 Å². The summed E-state index contributed by atoms with van der Waals surface area (Å²) in [6.07, 6.45) is 1.09. The lowest BCUT2D eigenvalue weighted by molar-refractivity contribution is 0.125. The Labute approximate surface area is 207 Å². The molecule has 7 heteroatoms. The Bertz CT molecular complexity index is 589. The zero-order chi connectivity index (χ0) is 21.6. The average molecular weight is 545 g/mol. The molecule has 1 saturated heterocycles. The maximum absolute atomic E-state index is 4.85. The summed E-state index contributed by atoms with van der Waals surface area (Å²) in [6.45, 7) is 20.8. The predicted molar refractivity (Wildman–Crippen MR) is 146 cm³/mol. The van der Waals surface area contributed by atoms with Crippen LogP contribution in [0.4, 0.5) is 5.69 Å². The lowest BCUT2D eigenvalue weighted by atomic mass is 10.1. The number of para-hydroxylation sites is 1. The highest BCUT2D eigenvalue weighted by Gasteiger charge is 2.17. The highest BCUT2D eigenvalue weighted by molar-refractivity contribution is 14.0. The fraction of sp³-hybridized carbons (Fsp3) is 0.708. The van der Waals surface area contributed by atoms with Gasteiger partial charge in [0.15, 0.2) is 5.96 Å². The normalized spacial score (nSPS) is 16.5. The number of likely N-dealkylation sites (N-methyl/N-ethyl adjacent to an activating group) is 1. The molecule has 1 aromatic rings. The van der Waals surface area contributed by atoms with Crippen LogP contribution >= 0.6 is 24.0 Å². The number of hydrogen-bond donors (Lipinski definition) is 2. The van der Waals surface area contributed by atoms with Crippen LogP contribution in [-0.4, -0.2) is 87.8 Å².